The van der Waals surface area contributed by atoms with E-state index in [2.05, 4.69) is 84.4 Å². The summed E-state index contributed by atoms with van der Waals surface area (Å²) in [6.07, 6.45) is 8.63. The molecule has 3 aromatic rings. The van der Waals surface area contributed by atoms with E-state index in [9.17, 15) is 0 Å². The molecular formula is C27H26NOP. The summed E-state index contributed by atoms with van der Waals surface area (Å²) in [6.45, 7) is 2.84. The zero-order valence-corrected chi connectivity index (χ0v) is 18.0. The lowest BCUT2D eigenvalue weighted by Crippen LogP contribution is -2.33. The van der Waals surface area contributed by atoms with Crippen LogP contribution in [0.4, 0.5) is 0 Å². The zero-order chi connectivity index (χ0) is 20.6. The van der Waals surface area contributed by atoms with Crippen LogP contribution in [0.15, 0.2) is 115 Å². The zero-order valence-electron chi connectivity index (χ0n) is 17.1. The summed E-state index contributed by atoms with van der Waals surface area (Å²) in [5, 5.41) is 0.477. The van der Waals surface area contributed by atoms with Gasteiger partial charge >= 0.3 is 0 Å². The van der Waals surface area contributed by atoms with Crippen LogP contribution in [0, 0.1) is 5.92 Å². The van der Waals surface area contributed by atoms with Crippen LogP contribution in [0.5, 0.6) is 0 Å². The van der Waals surface area contributed by atoms with Gasteiger partial charge in [0.1, 0.15) is 0 Å². The maximum atomic E-state index is 15.3. The average molecular weight is 411 g/mol. The van der Waals surface area contributed by atoms with Crippen LogP contribution in [0.25, 0.3) is 0 Å². The summed E-state index contributed by atoms with van der Waals surface area (Å²) < 4.78 is 17.6. The van der Waals surface area contributed by atoms with Crippen LogP contribution < -0.4 is 5.30 Å². The van der Waals surface area contributed by atoms with Crippen molar-refractivity contribution in [3.8, 4) is 0 Å². The Kier molecular flexibility index (Phi) is 4.85. The Labute approximate surface area is 179 Å². The first-order valence-corrected chi connectivity index (χ1v) is 12.2. The Hall–Kier alpha value is -2.67. The maximum Gasteiger partial charge on any atom is 0.189 e. The summed E-state index contributed by atoms with van der Waals surface area (Å²) in [4.78, 5) is 0. The van der Waals surface area contributed by atoms with E-state index in [-0.39, 0.29) is 12.0 Å². The molecule has 0 unspecified atom stereocenters. The molecule has 2 aliphatic rings. The van der Waals surface area contributed by atoms with Crippen molar-refractivity contribution in [3.63, 3.8) is 0 Å². The molecule has 0 saturated carbocycles. The molecule has 3 aromatic carbocycles. The second-order valence-corrected chi connectivity index (χ2v) is 11.5. The molecule has 0 N–H and O–H groups in total. The topological polar surface area (TPSA) is 20.3 Å². The molecule has 0 radical (unpaired) electrons. The Morgan fingerprint density at radius 3 is 2.10 bits per heavy atom. The van der Waals surface area contributed by atoms with Crippen molar-refractivity contribution in [3.05, 3.63) is 126 Å². The van der Waals surface area contributed by atoms with Crippen molar-refractivity contribution in [2.45, 2.75) is 24.7 Å². The number of benzene rings is 3. The molecule has 3 heteroatoms. The van der Waals surface area contributed by atoms with E-state index >= 15 is 4.57 Å². The number of hydrogen-bond donors (Lipinski definition) is 0. The van der Waals surface area contributed by atoms with Crippen LogP contribution >= 0.6 is 7.29 Å². The number of allylic oxidation sites excluding steroid dienone is 3. The molecule has 0 amide bonds. The Morgan fingerprint density at radius 2 is 1.43 bits per heavy atom. The lowest BCUT2D eigenvalue weighted by atomic mass is 9.80. The highest BCUT2D eigenvalue weighted by molar-refractivity contribution is 7.71. The minimum absolute atomic E-state index is 0.0450. The van der Waals surface area contributed by atoms with E-state index in [1.807, 2.05) is 42.5 Å². The predicted octanol–water partition coefficient (Wildman–Crippen LogP) is 6.35. The predicted molar refractivity (Wildman–Crippen MR) is 125 cm³/mol. The molecule has 150 valence electrons. The fourth-order valence-electron chi connectivity index (χ4n) is 5.16. The molecule has 4 atom stereocenters. The third-order valence-electron chi connectivity index (χ3n) is 6.65. The van der Waals surface area contributed by atoms with Crippen molar-refractivity contribution in [2.24, 2.45) is 5.92 Å². The largest absolute Gasteiger partial charge is 0.300 e. The Bertz CT molecular complexity index is 1120. The van der Waals surface area contributed by atoms with Crippen LogP contribution in [0.1, 0.15) is 24.1 Å². The minimum atomic E-state index is -2.97. The molecule has 1 heterocycles. The number of nitrogens with zero attached hydrogens (tertiary/aromatic N) is 1. The van der Waals surface area contributed by atoms with Crippen molar-refractivity contribution in [1.82, 2.24) is 4.67 Å². The molecular weight excluding hydrogens is 385 g/mol. The molecule has 5 rings (SSSR count). The first-order valence-electron chi connectivity index (χ1n) is 10.5. The number of fused-ring (bicyclic) bond motifs is 1. The minimum Gasteiger partial charge on any atom is -0.300 e. The van der Waals surface area contributed by atoms with Crippen LogP contribution in [0.2, 0.25) is 0 Å². The van der Waals surface area contributed by atoms with Crippen molar-refractivity contribution in [2.75, 3.05) is 0 Å². The molecule has 0 bridgehead atoms. The van der Waals surface area contributed by atoms with Gasteiger partial charge in [-0.05, 0) is 18.1 Å². The SMILES string of the molecule is C[C@]12C=CC=C[C@@H]1[C@@H](c1ccccc1)N(Cc1ccccc1)[P@@]2(=O)c1ccccc1. The molecule has 1 fully saturated rings. The lowest BCUT2D eigenvalue weighted by Gasteiger charge is -2.36. The monoisotopic (exact) mass is 411 g/mol. The number of rotatable bonds is 4. The highest BCUT2D eigenvalue weighted by atomic mass is 31.2. The molecule has 1 aliphatic heterocycles. The summed E-state index contributed by atoms with van der Waals surface area (Å²) in [7, 11) is -2.97. The van der Waals surface area contributed by atoms with Crippen molar-refractivity contribution in [1.29, 1.82) is 0 Å². The standard InChI is InChI=1S/C27H26NOP/c1-27-20-12-11-19-25(27)26(23-15-7-3-8-16-23)28(21-22-13-5-2-6-14-22)30(27,29)24-17-9-4-10-18-24/h2-20,25-26H,21H2,1H3/t25-,26-,27+,30-/m1/s1. The van der Waals surface area contributed by atoms with Gasteiger partial charge in [-0.2, -0.15) is 0 Å². The average Bonchev–Trinajstić information content (AvgIpc) is 3.00. The van der Waals surface area contributed by atoms with Crippen LogP contribution in [0.3, 0.4) is 0 Å². The van der Waals surface area contributed by atoms with E-state index in [0.717, 1.165) is 5.30 Å². The molecule has 0 spiro atoms. The second kappa shape index (κ2) is 7.54. The van der Waals surface area contributed by atoms with Crippen molar-refractivity contribution >= 4 is 12.6 Å². The van der Waals surface area contributed by atoms with E-state index in [1.165, 1.54) is 11.1 Å². The summed E-state index contributed by atoms with van der Waals surface area (Å²) in [6, 6.07) is 31.1. The van der Waals surface area contributed by atoms with Crippen molar-refractivity contribution < 1.29 is 4.57 Å². The Morgan fingerprint density at radius 1 is 0.833 bits per heavy atom. The summed E-state index contributed by atoms with van der Waals surface area (Å²) >= 11 is 0. The fraction of sp³-hybridized carbons (Fsp3) is 0.185. The van der Waals surface area contributed by atoms with Gasteiger partial charge in [0.05, 0.1) is 5.16 Å². The smallest absolute Gasteiger partial charge is 0.189 e. The maximum absolute atomic E-state index is 15.3. The third-order valence-corrected chi connectivity index (χ3v) is 10.5. The van der Waals surface area contributed by atoms with Gasteiger partial charge in [0.25, 0.3) is 0 Å². The van der Waals surface area contributed by atoms with Crippen LogP contribution in [-0.2, 0) is 11.1 Å². The normalized spacial score (nSPS) is 30.3. The van der Waals surface area contributed by atoms with E-state index in [4.69, 9.17) is 0 Å². The second-order valence-electron chi connectivity index (χ2n) is 8.35. The fourth-order valence-corrected chi connectivity index (χ4v) is 9.05. The molecule has 30 heavy (non-hydrogen) atoms. The van der Waals surface area contributed by atoms with Crippen LogP contribution in [-0.4, -0.2) is 9.83 Å². The van der Waals surface area contributed by atoms with Gasteiger partial charge < -0.3 is 4.57 Å². The van der Waals surface area contributed by atoms with Gasteiger partial charge in [-0.25, -0.2) is 4.67 Å². The van der Waals surface area contributed by atoms with E-state index in [1.54, 1.807) is 0 Å². The quantitative estimate of drug-likeness (QED) is 0.467. The van der Waals surface area contributed by atoms with Gasteiger partial charge in [-0.15, -0.1) is 0 Å². The van der Waals surface area contributed by atoms with E-state index in [0.29, 0.717) is 6.54 Å². The third kappa shape index (κ3) is 2.87. The first kappa shape index (κ1) is 19.3. The Balaban J connectivity index is 1.75. The molecule has 1 aliphatic carbocycles. The number of hydrogen-bond acceptors (Lipinski definition) is 1. The van der Waals surface area contributed by atoms with Gasteiger partial charge in [0.15, 0.2) is 7.29 Å². The molecule has 0 aromatic heterocycles. The van der Waals surface area contributed by atoms with Gasteiger partial charge in [0, 0.05) is 23.8 Å². The summed E-state index contributed by atoms with van der Waals surface area (Å²) in [5.74, 6) is 0.139. The van der Waals surface area contributed by atoms with Gasteiger partial charge in [-0.1, -0.05) is 115 Å². The molecule has 2 nitrogen and oxygen atoms in total. The lowest BCUT2D eigenvalue weighted by molar-refractivity contribution is 0.298. The van der Waals surface area contributed by atoms with Gasteiger partial charge in [0.2, 0.25) is 0 Å². The highest BCUT2D eigenvalue weighted by Crippen LogP contribution is 2.75. The van der Waals surface area contributed by atoms with Gasteiger partial charge in [-0.3, -0.25) is 0 Å². The van der Waals surface area contributed by atoms with E-state index < -0.39 is 12.4 Å². The first-order chi connectivity index (χ1) is 14.6. The highest BCUT2D eigenvalue weighted by Gasteiger charge is 2.63. The summed E-state index contributed by atoms with van der Waals surface area (Å²) in [5.41, 5.74) is 2.41. The molecule has 1 saturated heterocycles.